The molecule has 0 bridgehead atoms. The summed E-state index contributed by atoms with van der Waals surface area (Å²) in [7, 11) is 0. The monoisotopic (exact) mass is 193 g/mol. The summed E-state index contributed by atoms with van der Waals surface area (Å²) in [6.45, 7) is 3.55. The molecule has 0 radical (unpaired) electrons. The van der Waals surface area contributed by atoms with E-state index < -0.39 is 5.60 Å². The fourth-order valence-corrected chi connectivity index (χ4v) is 1.31. The molecule has 1 heterocycles. The van der Waals surface area contributed by atoms with Gasteiger partial charge in [-0.1, -0.05) is 12.1 Å². The van der Waals surface area contributed by atoms with Crippen LogP contribution in [-0.4, -0.2) is 16.7 Å². The second-order valence-electron chi connectivity index (χ2n) is 3.57. The zero-order chi connectivity index (χ0) is 10.2. The third-order valence-electron chi connectivity index (χ3n) is 2.03. The van der Waals surface area contributed by atoms with Crippen LogP contribution in [0.2, 0.25) is 0 Å². The molecule has 0 saturated carbocycles. The molecule has 2 rings (SSSR count). The zero-order valence-electron chi connectivity index (χ0n) is 8.02. The van der Waals surface area contributed by atoms with Crippen molar-refractivity contribution in [3.05, 3.63) is 24.3 Å². The Kier molecular flexibility index (Phi) is 1.84. The predicted molar refractivity (Wildman–Crippen MR) is 51.0 cm³/mol. The van der Waals surface area contributed by atoms with Crippen LogP contribution in [-0.2, 0) is 0 Å². The van der Waals surface area contributed by atoms with Gasteiger partial charge in [0.2, 0.25) is 0 Å². The van der Waals surface area contributed by atoms with Crippen molar-refractivity contribution in [3.8, 4) is 11.5 Å². The van der Waals surface area contributed by atoms with Gasteiger partial charge in [0.15, 0.2) is 17.1 Å². The number of para-hydroxylation sites is 2. The summed E-state index contributed by atoms with van der Waals surface area (Å²) in [4.78, 5) is 0. The van der Waals surface area contributed by atoms with Crippen molar-refractivity contribution in [2.45, 2.75) is 19.4 Å². The summed E-state index contributed by atoms with van der Waals surface area (Å²) in [5.74, 6) is 1.39. The third kappa shape index (κ3) is 1.28. The van der Waals surface area contributed by atoms with E-state index in [1.807, 2.05) is 18.2 Å². The minimum atomic E-state index is -0.733. The maximum absolute atomic E-state index is 8.74. The predicted octanol–water partition coefficient (Wildman–Crippen LogP) is 2.02. The van der Waals surface area contributed by atoms with Crippen molar-refractivity contribution in [1.29, 1.82) is 0 Å². The molecule has 0 atom stereocenters. The van der Waals surface area contributed by atoms with Crippen LogP contribution >= 0.6 is 0 Å². The van der Waals surface area contributed by atoms with Crippen LogP contribution in [0.25, 0.3) is 0 Å². The molecule has 4 nitrogen and oxygen atoms in total. The highest BCUT2D eigenvalue weighted by Gasteiger charge is 2.36. The molecule has 1 aromatic rings. The average molecular weight is 193 g/mol. The number of rotatable bonds is 0. The largest absolute Gasteiger partial charge is 0.474 e. The molecule has 1 aromatic carbocycles. The lowest BCUT2D eigenvalue weighted by molar-refractivity contribution is 0.127. The van der Waals surface area contributed by atoms with Crippen molar-refractivity contribution in [1.82, 2.24) is 0 Å². The van der Waals surface area contributed by atoms with Crippen molar-refractivity contribution >= 4 is 5.90 Å². The van der Waals surface area contributed by atoms with Gasteiger partial charge in [0.1, 0.15) is 0 Å². The topological polar surface area (TPSA) is 51.0 Å². The van der Waals surface area contributed by atoms with E-state index in [2.05, 4.69) is 5.16 Å². The number of benzene rings is 1. The fraction of sp³-hybridized carbons (Fsp3) is 0.300. The molecule has 4 heteroatoms. The normalized spacial score (nSPS) is 20.9. The van der Waals surface area contributed by atoms with Gasteiger partial charge in [0.05, 0.1) is 0 Å². The van der Waals surface area contributed by atoms with E-state index in [-0.39, 0.29) is 5.90 Å². The number of hydrogen-bond acceptors (Lipinski definition) is 4. The Morgan fingerprint density at radius 2 is 1.86 bits per heavy atom. The van der Waals surface area contributed by atoms with Gasteiger partial charge in [-0.2, -0.15) is 0 Å². The first-order valence-corrected chi connectivity index (χ1v) is 4.32. The first-order chi connectivity index (χ1) is 6.63. The average Bonchev–Trinajstić information content (AvgIpc) is 2.15. The molecular formula is C10H11NO3. The quantitative estimate of drug-likeness (QED) is 0.506. The lowest BCUT2D eigenvalue weighted by Gasteiger charge is -2.31. The van der Waals surface area contributed by atoms with E-state index >= 15 is 0 Å². The van der Waals surface area contributed by atoms with Crippen LogP contribution in [0.5, 0.6) is 11.5 Å². The van der Waals surface area contributed by atoms with Crippen LogP contribution < -0.4 is 9.47 Å². The Morgan fingerprint density at radius 1 is 1.21 bits per heavy atom. The highest BCUT2D eigenvalue weighted by atomic mass is 16.6. The summed E-state index contributed by atoms with van der Waals surface area (Å²) in [5, 5.41) is 11.8. The van der Waals surface area contributed by atoms with Crippen LogP contribution in [0.1, 0.15) is 13.8 Å². The third-order valence-corrected chi connectivity index (χ3v) is 2.03. The van der Waals surface area contributed by atoms with Crippen LogP contribution in [0.3, 0.4) is 0 Å². The highest BCUT2D eigenvalue weighted by molar-refractivity contribution is 5.88. The number of fused-ring (bicyclic) bond motifs is 1. The molecule has 0 aromatic heterocycles. The molecule has 74 valence electrons. The molecule has 0 saturated heterocycles. The zero-order valence-corrected chi connectivity index (χ0v) is 8.02. The number of ether oxygens (including phenoxy) is 2. The van der Waals surface area contributed by atoms with E-state index in [9.17, 15) is 0 Å². The van der Waals surface area contributed by atoms with Crippen molar-refractivity contribution in [2.24, 2.45) is 5.16 Å². The molecule has 1 N–H and O–H groups in total. The van der Waals surface area contributed by atoms with E-state index in [0.29, 0.717) is 11.5 Å². The number of hydrogen-bond donors (Lipinski definition) is 1. The summed E-state index contributed by atoms with van der Waals surface area (Å²) in [5.41, 5.74) is -0.733. The first-order valence-electron chi connectivity index (χ1n) is 4.32. The summed E-state index contributed by atoms with van der Waals surface area (Å²) < 4.78 is 11.0. The standard InChI is InChI=1S/C10H11NO3/c1-10(2)9(11-12)13-7-5-3-4-6-8(7)14-10/h3-6,12H,1-2H3. The molecule has 0 aliphatic carbocycles. The van der Waals surface area contributed by atoms with Gasteiger partial charge in [-0.15, -0.1) is 0 Å². The van der Waals surface area contributed by atoms with Gasteiger partial charge in [-0.25, -0.2) is 0 Å². The molecule has 0 fully saturated rings. The Labute approximate surface area is 81.8 Å². The van der Waals surface area contributed by atoms with E-state index in [1.165, 1.54) is 0 Å². The van der Waals surface area contributed by atoms with Crippen LogP contribution in [0.15, 0.2) is 29.4 Å². The Morgan fingerprint density at radius 3 is 2.50 bits per heavy atom. The summed E-state index contributed by atoms with van der Waals surface area (Å²) in [6.07, 6.45) is 0. The van der Waals surface area contributed by atoms with Gasteiger partial charge in [-0.3, -0.25) is 0 Å². The molecule has 0 unspecified atom stereocenters. The molecule has 1 aliphatic rings. The highest BCUT2D eigenvalue weighted by Crippen LogP contribution is 2.35. The van der Waals surface area contributed by atoms with Crippen molar-refractivity contribution in [3.63, 3.8) is 0 Å². The first kappa shape index (κ1) is 8.87. The van der Waals surface area contributed by atoms with Crippen LogP contribution in [0.4, 0.5) is 0 Å². The van der Waals surface area contributed by atoms with Crippen molar-refractivity contribution in [2.75, 3.05) is 0 Å². The molecule has 0 spiro atoms. The van der Waals surface area contributed by atoms with Gasteiger partial charge < -0.3 is 14.7 Å². The lowest BCUT2D eigenvalue weighted by atomic mass is 10.1. The van der Waals surface area contributed by atoms with Crippen LogP contribution in [0, 0.1) is 0 Å². The van der Waals surface area contributed by atoms with Gasteiger partial charge >= 0.3 is 0 Å². The number of oxime groups is 1. The smallest absolute Gasteiger partial charge is 0.275 e. The minimum absolute atomic E-state index is 0.163. The number of nitrogens with zero attached hydrogens (tertiary/aromatic N) is 1. The fourth-order valence-electron chi connectivity index (χ4n) is 1.31. The molecular weight excluding hydrogens is 182 g/mol. The SMILES string of the molecule is CC1(C)Oc2ccccc2OC1=NO. The molecule has 1 aliphatic heterocycles. The Hall–Kier alpha value is -1.71. The molecule has 14 heavy (non-hydrogen) atoms. The van der Waals surface area contributed by atoms with E-state index in [4.69, 9.17) is 14.7 Å². The minimum Gasteiger partial charge on any atom is -0.474 e. The maximum atomic E-state index is 8.74. The Balaban J connectivity index is 2.45. The summed E-state index contributed by atoms with van der Waals surface area (Å²) >= 11 is 0. The molecule has 0 amide bonds. The van der Waals surface area contributed by atoms with Gasteiger partial charge in [0.25, 0.3) is 5.90 Å². The van der Waals surface area contributed by atoms with E-state index in [1.54, 1.807) is 19.9 Å². The van der Waals surface area contributed by atoms with Crippen molar-refractivity contribution < 1.29 is 14.7 Å². The van der Waals surface area contributed by atoms with Gasteiger partial charge in [-0.05, 0) is 31.1 Å². The second kappa shape index (κ2) is 2.90. The summed E-state index contributed by atoms with van der Waals surface area (Å²) in [6, 6.07) is 7.26. The maximum Gasteiger partial charge on any atom is 0.275 e. The Bertz CT molecular complexity index is 385. The van der Waals surface area contributed by atoms with Gasteiger partial charge in [0, 0.05) is 0 Å². The lowest BCUT2D eigenvalue weighted by Crippen LogP contribution is -2.44. The van der Waals surface area contributed by atoms with E-state index in [0.717, 1.165) is 0 Å². The second-order valence-corrected chi connectivity index (χ2v) is 3.57.